The van der Waals surface area contributed by atoms with E-state index in [0.717, 1.165) is 6.07 Å². The number of anilines is 1. The normalized spacial score (nSPS) is 10.2. The van der Waals surface area contributed by atoms with Crippen molar-refractivity contribution in [1.82, 2.24) is 4.72 Å². The summed E-state index contributed by atoms with van der Waals surface area (Å²) in [6, 6.07) is 3.39. The summed E-state index contributed by atoms with van der Waals surface area (Å²) >= 11 is 0. The van der Waals surface area contributed by atoms with Gasteiger partial charge in [-0.15, -0.1) is 0 Å². The van der Waals surface area contributed by atoms with Gasteiger partial charge in [-0.05, 0) is 25.1 Å². The zero-order valence-corrected chi connectivity index (χ0v) is 11.8. The molecule has 3 N–H and O–H groups in total. The Kier molecular flexibility index (Phi) is 5.95. The van der Waals surface area contributed by atoms with Crippen molar-refractivity contribution >= 4 is 22.0 Å². The minimum Gasteiger partial charge on any atom is -0.449 e. The maximum absolute atomic E-state index is 13.6. The molecule has 9 heteroatoms. The molecule has 21 heavy (non-hydrogen) atoms. The van der Waals surface area contributed by atoms with Crippen molar-refractivity contribution in [2.24, 2.45) is 0 Å². The molecule has 0 aliphatic rings. The second-order valence-electron chi connectivity index (χ2n) is 3.58. The van der Waals surface area contributed by atoms with Crippen LogP contribution in [-0.2, 0) is 14.9 Å². The molecule has 0 unspecified atom stereocenters. The Labute approximate surface area is 121 Å². The molecule has 0 heterocycles. The van der Waals surface area contributed by atoms with Crippen LogP contribution in [0.2, 0.25) is 0 Å². The van der Waals surface area contributed by atoms with Crippen LogP contribution in [0.3, 0.4) is 0 Å². The van der Waals surface area contributed by atoms with E-state index in [0.29, 0.717) is 0 Å². The Morgan fingerprint density at radius 1 is 1.48 bits per heavy atom. The number of rotatable bonds is 4. The largest absolute Gasteiger partial charge is 0.449 e. The van der Waals surface area contributed by atoms with Gasteiger partial charge in [-0.1, -0.05) is 11.8 Å². The molecule has 0 aliphatic heterocycles. The molecule has 1 rings (SSSR count). The number of hydrogen-bond donors (Lipinski definition) is 3. The number of benzene rings is 1. The molecule has 0 bridgehead atoms. The Balaban J connectivity index is 2.84. The molecular weight excluding hydrogens is 303 g/mol. The summed E-state index contributed by atoms with van der Waals surface area (Å²) in [5.74, 6) is 3.86. The fourth-order valence-electron chi connectivity index (χ4n) is 1.27. The average molecular weight is 316 g/mol. The van der Waals surface area contributed by atoms with Crippen molar-refractivity contribution in [1.29, 1.82) is 0 Å². The first-order chi connectivity index (χ1) is 9.88. The van der Waals surface area contributed by atoms with Gasteiger partial charge in [0.15, 0.2) is 0 Å². The van der Waals surface area contributed by atoms with Gasteiger partial charge in [0.1, 0.15) is 12.4 Å². The van der Waals surface area contributed by atoms with Gasteiger partial charge in [0.05, 0.1) is 17.9 Å². The third-order valence-electron chi connectivity index (χ3n) is 2.02. The predicted molar refractivity (Wildman–Crippen MR) is 73.1 cm³/mol. The van der Waals surface area contributed by atoms with Crippen molar-refractivity contribution in [3.05, 3.63) is 29.6 Å². The third-order valence-corrected chi connectivity index (χ3v) is 2.96. The number of ether oxygens (including phenoxy) is 1. The number of halogens is 1. The van der Waals surface area contributed by atoms with Gasteiger partial charge in [-0.2, -0.15) is 8.42 Å². The van der Waals surface area contributed by atoms with Gasteiger partial charge in [-0.3, -0.25) is 4.72 Å². The topological polar surface area (TPSA) is 105 Å². The van der Waals surface area contributed by atoms with Crippen LogP contribution in [0, 0.1) is 17.7 Å². The SMILES string of the molecule is CCOC(=O)NS(=O)(=O)Nc1ccc(C#CCO)c(F)c1. The van der Waals surface area contributed by atoms with E-state index < -0.39 is 28.7 Å². The van der Waals surface area contributed by atoms with Crippen LogP contribution >= 0.6 is 0 Å². The van der Waals surface area contributed by atoms with E-state index in [4.69, 9.17) is 5.11 Å². The Hall–Kier alpha value is -2.31. The van der Waals surface area contributed by atoms with Gasteiger partial charge >= 0.3 is 16.3 Å². The van der Waals surface area contributed by atoms with Crippen molar-refractivity contribution in [2.75, 3.05) is 17.9 Å². The molecule has 114 valence electrons. The van der Waals surface area contributed by atoms with E-state index in [1.165, 1.54) is 19.1 Å². The quantitative estimate of drug-likeness (QED) is 0.705. The molecular formula is C12H13FN2O5S. The number of nitrogens with one attached hydrogen (secondary N) is 2. The second-order valence-corrected chi connectivity index (χ2v) is 5.00. The molecule has 0 saturated carbocycles. The summed E-state index contributed by atoms with van der Waals surface area (Å²) in [5, 5.41) is 8.51. The number of aliphatic hydroxyl groups excluding tert-OH is 1. The van der Waals surface area contributed by atoms with Crippen LogP contribution in [-0.4, -0.2) is 32.8 Å². The van der Waals surface area contributed by atoms with Gasteiger partial charge in [-0.25, -0.2) is 13.9 Å². The van der Waals surface area contributed by atoms with Gasteiger partial charge in [0.25, 0.3) is 0 Å². The van der Waals surface area contributed by atoms with Crippen LogP contribution in [0.25, 0.3) is 0 Å². The Morgan fingerprint density at radius 2 is 2.19 bits per heavy atom. The number of amides is 1. The molecule has 7 nitrogen and oxygen atoms in total. The first kappa shape index (κ1) is 16.7. The maximum Gasteiger partial charge on any atom is 0.422 e. The highest BCUT2D eigenvalue weighted by molar-refractivity contribution is 7.91. The Morgan fingerprint density at radius 3 is 2.76 bits per heavy atom. The van der Waals surface area contributed by atoms with Crippen LogP contribution in [0.4, 0.5) is 14.9 Å². The first-order valence-electron chi connectivity index (χ1n) is 5.74. The Bertz CT molecular complexity index is 679. The lowest BCUT2D eigenvalue weighted by atomic mass is 10.2. The predicted octanol–water partition coefficient (Wildman–Crippen LogP) is 0.572. The smallest absolute Gasteiger partial charge is 0.422 e. The maximum atomic E-state index is 13.6. The summed E-state index contributed by atoms with van der Waals surface area (Å²) in [5.41, 5.74) is -0.0933. The monoisotopic (exact) mass is 316 g/mol. The number of aliphatic hydroxyl groups is 1. The van der Waals surface area contributed by atoms with Crippen molar-refractivity contribution < 1.29 is 27.4 Å². The second kappa shape index (κ2) is 7.47. The molecule has 1 aromatic carbocycles. The van der Waals surface area contributed by atoms with Crippen LogP contribution in [0.1, 0.15) is 12.5 Å². The van der Waals surface area contributed by atoms with Gasteiger partial charge in [0.2, 0.25) is 0 Å². The summed E-state index contributed by atoms with van der Waals surface area (Å²) < 4.78 is 44.7. The zero-order chi connectivity index (χ0) is 15.9. The highest BCUT2D eigenvalue weighted by atomic mass is 32.2. The highest BCUT2D eigenvalue weighted by Gasteiger charge is 2.15. The highest BCUT2D eigenvalue weighted by Crippen LogP contribution is 2.14. The average Bonchev–Trinajstić information content (AvgIpc) is 2.36. The standard InChI is InChI=1S/C12H13FN2O5S/c1-2-20-12(17)15-21(18,19)14-10-6-5-9(4-3-7-16)11(13)8-10/h5-6,8,14,16H,2,7H2,1H3,(H,15,17). The number of carbonyl (C=O) groups excluding carboxylic acids is 1. The summed E-state index contributed by atoms with van der Waals surface area (Å²) in [7, 11) is -4.22. The van der Waals surface area contributed by atoms with E-state index in [9.17, 15) is 17.6 Å². The molecule has 0 atom stereocenters. The molecule has 0 aromatic heterocycles. The number of hydrogen-bond acceptors (Lipinski definition) is 5. The molecule has 1 amide bonds. The molecule has 0 radical (unpaired) electrons. The summed E-state index contributed by atoms with van der Waals surface area (Å²) in [4.78, 5) is 11.0. The van der Waals surface area contributed by atoms with E-state index >= 15 is 0 Å². The van der Waals surface area contributed by atoms with Crippen LogP contribution < -0.4 is 9.44 Å². The lowest BCUT2D eigenvalue weighted by molar-refractivity contribution is 0.159. The lowest BCUT2D eigenvalue weighted by Gasteiger charge is -2.09. The van der Waals surface area contributed by atoms with Crippen LogP contribution in [0.15, 0.2) is 18.2 Å². The van der Waals surface area contributed by atoms with E-state index in [-0.39, 0.29) is 17.9 Å². The third kappa shape index (κ3) is 5.68. The lowest BCUT2D eigenvalue weighted by Crippen LogP contribution is -2.35. The van der Waals surface area contributed by atoms with Crippen molar-refractivity contribution in [3.8, 4) is 11.8 Å². The van der Waals surface area contributed by atoms with Crippen molar-refractivity contribution in [3.63, 3.8) is 0 Å². The molecule has 0 aliphatic carbocycles. The minimum absolute atomic E-state index is 0.00495. The summed E-state index contributed by atoms with van der Waals surface area (Å²) in [6.45, 7) is 1.10. The summed E-state index contributed by atoms with van der Waals surface area (Å²) in [6.07, 6.45) is -1.14. The fraction of sp³-hybridized carbons (Fsp3) is 0.250. The molecule has 1 aromatic rings. The molecule has 0 spiro atoms. The van der Waals surface area contributed by atoms with E-state index in [2.05, 4.69) is 16.6 Å². The molecule has 0 fully saturated rings. The molecule has 0 saturated heterocycles. The van der Waals surface area contributed by atoms with Gasteiger partial charge < -0.3 is 9.84 Å². The van der Waals surface area contributed by atoms with Crippen molar-refractivity contribution in [2.45, 2.75) is 6.92 Å². The first-order valence-corrected chi connectivity index (χ1v) is 7.23. The number of carbonyl (C=O) groups is 1. The van der Waals surface area contributed by atoms with Crippen LogP contribution in [0.5, 0.6) is 0 Å². The zero-order valence-electron chi connectivity index (χ0n) is 11.0. The van der Waals surface area contributed by atoms with E-state index in [1.807, 2.05) is 4.72 Å². The minimum atomic E-state index is -4.22. The fourth-order valence-corrected chi connectivity index (χ4v) is 2.03. The van der Waals surface area contributed by atoms with Gasteiger partial charge in [0, 0.05) is 0 Å². The van der Waals surface area contributed by atoms with E-state index in [1.54, 1.807) is 4.72 Å².